The molecule has 0 aliphatic heterocycles. The van der Waals surface area contributed by atoms with E-state index in [1.807, 2.05) is 6.92 Å². The lowest BCUT2D eigenvalue weighted by molar-refractivity contribution is -0.115. The van der Waals surface area contributed by atoms with E-state index in [4.69, 9.17) is 23.2 Å². The van der Waals surface area contributed by atoms with Gasteiger partial charge in [0, 0.05) is 5.88 Å². The smallest absolute Gasteiger partial charge is 0.232 e. The maximum absolute atomic E-state index is 9.46. The summed E-state index contributed by atoms with van der Waals surface area (Å²) in [7, 11) is 0. The van der Waals surface area contributed by atoms with Gasteiger partial charge in [-0.2, -0.15) is 0 Å². The number of primary amides is 1. The SMILES string of the molecule is CCCl.NC(=O)CCl. The summed E-state index contributed by atoms with van der Waals surface area (Å²) in [6.07, 6.45) is 0. The third-order valence-corrected chi connectivity index (χ3v) is 0.395. The van der Waals surface area contributed by atoms with Crippen LogP contribution in [0.5, 0.6) is 0 Å². The Morgan fingerprint density at radius 2 is 1.75 bits per heavy atom. The van der Waals surface area contributed by atoms with Crippen LogP contribution in [0.4, 0.5) is 0 Å². The fourth-order valence-corrected chi connectivity index (χ4v) is 0. The predicted molar refractivity (Wildman–Crippen MR) is 36.3 cm³/mol. The Labute approximate surface area is 58.9 Å². The molecule has 0 aliphatic rings. The second kappa shape index (κ2) is 10.1. The fraction of sp³-hybridized carbons (Fsp3) is 0.750. The van der Waals surface area contributed by atoms with E-state index < -0.39 is 5.91 Å². The van der Waals surface area contributed by atoms with Gasteiger partial charge < -0.3 is 5.73 Å². The summed E-state index contributed by atoms with van der Waals surface area (Å²) in [4.78, 5) is 9.46. The minimum atomic E-state index is -0.480. The zero-order valence-corrected chi connectivity index (χ0v) is 6.17. The van der Waals surface area contributed by atoms with Crippen molar-refractivity contribution in [3.8, 4) is 0 Å². The molecule has 0 unspecified atom stereocenters. The number of hydrogen-bond donors (Lipinski definition) is 1. The molecule has 0 aromatic rings. The standard InChI is InChI=1S/C2H4ClNO.C2H5Cl/c3-1-2(4)5;1-2-3/h1H2,(H2,4,5);2H2,1H3. The zero-order chi connectivity index (χ0) is 6.99. The molecule has 1 amide bonds. The molecule has 0 fully saturated rings. The molecule has 0 saturated heterocycles. The Hall–Kier alpha value is 0.0500. The third kappa shape index (κ3) is 36.7. The quantitative estimate of drug-likeness (QED) is 0.567. The molecule has 0 bridgehead atoms. The Morgan fingerprint density at radius 3 is 1.75 bits per heavy atom. The summed E-state index contributed by atoms with van der Waals surface area (Å²) >= 11 is 9.86. The van der Waals surface area contributed by atoms with Crippen molar-refractivity contribution < 1.29 is 4.79 Å². The van der Waals surface area contributed by atoms with Gasteiger partial charge in [0.05, 0.1) is 0 Å². The Bertz CT molecular complexity index is 58.0. The molecule has 0 aliphatic carbocycles. The second-order valence-corrected chi connectivity index (χ2v) is 1.67. The van der Waals surface area contributed by atoms with Crippen molar-refractivity contribution in [2.24, 2.45) is 5.73 Å². The number of rotatable bonds is 1. The van der Waals surface area contributed by atoms with Gasteiger partial charge in [0.1, 0.15) is 5.88 Å². The van der Waals surface area contributed by atoms with Crippen LogP contribution < -0.4 is 5.73 Å². The van der Waals surface area contributed by atoms with Gasteiger partial charge >= 0.3 is 0 Å². The van der Waals surface area contributed by atoms with Crippen molar-refractivity contribution in [1.29, 1.82) is 0 Å². The molecule has 2 N–H and O–H groups in total. The van der Waals surface area contributed by atoms with Crippen molar-refractivity contribution in [1.82, 2.24) is 0 Å². The summed E-state index contributed by atoms with van der Waals surface area (Å²) in [5.41, 5.74) is 4.52. The van der Waals surface area contributed by atoms with Crippen LogP contribution in [-0.2, 0) is 4.79 Å². The molecular formula is C4H9Cl2NO. The number of amides is 1. The average Bonchev–Trinajstić information content (AvgIpc) is 1.69. The molecule has 50 valence electrons. The van der Waals surface area contributed by atoms with E-state index in [0.717, 1.165) is 5.88 Å². The molecule has 8 heavy (non-hydrogen) atoms. The van der Waals surface area contributed by atoms with Crippen molar-refractivity contribution in [2.45, 2.75) is 6.92 Å². The van der Waals surface area contributed by atoms with Crippen molar-refractivity contribution >= 4 is 29.1 Å². The highest BCUT2D eigenvalue weighted by Crippen LogP contribution is 1.64. The van der Waals surface area contributed by atoms with Crippen molar-refractivity contribution in [2.75, 3.05) is 11.8 Å². The highest BCUT2D eigenvalue weighted by Gasteiger charge is 1.79. The van der Waals surface area contributed by atoms with Crippen LogP contribution in [-0.4, -0.2) is 17.7 Å². The van der Waals surface area contributed by atoms with Crippen LogP contribution in [0.15, 0.2) is 0 Å². The maximum Gasteiger partial charge on any atom is 0.232 e. The summed E-state index contributed by atoms with van der Waals surface area (Å²) in [5.74, 6) is 0.159. The third-order valence-electron chi connectivity index (χ3n) is 0.132. The van der Waals surface area contributed by atoms with E-state index in [9.17, 15) is 4.79 Å². The highest BCUT2D eigenvalue weighted by atomic mass is 35.5. The molecule has 0 spiro atoms. The first kappa shape index (κ1) is 10.9. The van der Waals surface area contributed by atoms with Gasteiger partial charge in [-0.15, -0.1) is 23.2 Å². The first-order valence-electron chi connectivity index (χ1n) is 2.09. The van der Waals surface area contributed by atoms with Crippen molar-refractivity contribution in [3.05, 3.63) is 0 Å². The number of alkyl halides is 2. The highest BCUT2D eigenvalue weighted by molar-refractivity contribution is 6.27. The number of carbonyl (C=O) groups excluding carboxylic acids is 1. The number of nitrogens with two attached hydrogens (primary N) is 1. The lowest BCUT2D eigenvalue weighted by atomic mass is 10.8. The molecule has 0 aromatic carbocycles. The van der Waals surface area contributed by atoms with Crippen LogP contribution in [0.1, 0.15) is 6.92 Å². The number of halogens is 2. The van der Waals surface area contributed by atoms with Gasteiger partial charge in [0.2, 0.25) is 5.91 Å². The monoisotopic (exact) mass is 157 g/mol. The minimum absolute atomic E-state index is 0.0833. The van der Waals surface area contributed by atoms with Gasteiger partial charge in [0.15, 0.2) is 0 Å². The summed E-state index contributed by atoms with van der Waals surface area (Å²) in [6, 6.07) is 0. The molecule has 2 nitrogen and oxygen atoms in total. The summed E-state index contributed by atoms with van der Waals surface area (Å²) in [5, 5.41) is 0. The van der Waals surface area contributed by atoms with Gasteiger partial charge in [-0.1, -0.05) is 6.92 Å². The van der Waals surface area contributed by atoms with E-state index in [-0.39, 0.29) is 5.88 Å². The minimum Gasteiger partial charge on any atom is -0.369 e. The Balaban J connectivity index is 0. The van der Waals surface area contributed by atoms with Crippen LogP contribution >= 0.6 is 23.2 Å². The summed E-state index contributed by atoms with van der Waals surface area (Å²) in [6.45, 7) is 1.89. The zero-order valence-electron chi connectivity index (χ0n) is 4.66. The van der Waals surface area contributed by atoms with Gasteiger partial charge in [-0.25, -0.2) is 0 Å². The molecule has 0 radical (unpaired) electrons. The predicted octanol–water partition coefficient (Wildman–Crippen LogP) is 0.956. The van der Waals surface area contributed by atoms with Gasteiger partial charge in [0.25, 0.3) is 0 Å². The van der Waals surface area contributed by atoms with Crippen LogP contribution in [0, 0.1) is 0 Å². The Morgan fingerprint density at radius 1 is 1.62 bits per heavy atom. The number of hydrogen-bond acceptors (Lipinski definition) is 1. The molecular weight excluding hydrogens is 149 g/mol. The van der Waals surface area contributed by atoms with E-state index in [0.29, 0.717) is 0 Å². The lowest BCUT2D eigenvalue weighted by Gasteiger charge is -1.71. The first-order valence-corrected chi connectivity index (χ1v) is 3.16. The van der Waals surface area contributed by atoms with Crippen molar-refractivity contribution in [3.63, 3.8) is 0 Å². The maximum atomic E-state index is 9.46. The van der Waals surface area contributed by atoms with Gasteiger partial charge in [-0.05, 0) is 0 Å². The van der Waals surface area contributed by atoms with Crippen LogP contribution in [0.3, 0.4) is 0 Å². The van der Waals surface area contributed by atoms with E-state index in [1.165, 1.54) is 0 Å². The molecule has 0 rings (SSSR count). The normalized spacial score (nSPS) is 6.88. The van der Waals surface area contributed by atoms with Gasteiger partial charge in [-0.3, -0.25) is 4.79 Å². The fourth-order valence-electron chi connectivity index (χ4n) is 0. The molecule has 0 heterocycles. The topological polar surface area (TPSA) is 43.1 Å². The van der Waals surface area contributed by atoms with Crippen LogP contribution in [0.25, 0.3) is 0 Å². The first-order chi connectivity index (χ1) is 3.68. The summed E-state index contributed by atoms with van der Waals surface area (Å²) < 4.78 is 0. The van der Waals surface area contributed by atoms with E-state index in [1.54, 1.807) is 0 Å². The second-order valence-electron chi connectivity index (χ2n) is 0.867. The average molecular weight is 158 g/mol. The number of carbonyl (C=O) groups is 1. The molecule has 0 saturated carbocycles. The molecule has 4 heteroatoms. The lowest BCUT2D eigenvalue weighted by Crippen LogP contribution is -2.10. The van der Waals surface area contributed by atoms with E-state index >= 15 is 0 Å². The van der Waals surface area contributed by atoms with E-state index in [2.05, 4.69) is 5.73 Å². The molecule has 0 atom stereocenters. The molecule has 0 aromatic heterocycles. The Kier molecular flexibility index (Phi) is 13.8. The largest absolute Gasteiger partial charge is 0.369 e. The van der Waals surface area contributed by atoms with Crippen LogP contribution in [0.2, 0.25) is 0 Å².